The van der Waals surface area contributed by atoms with Crippen molar-refractivity contribution in [3.05, 3.63) is 0 Å². The summed E-state index contributed by atoms with van der Waals surface area (Å²) in [5.74, 6) is -2.32. The molecule has 6 nitrogen and oxygen atoms in total. The van der Waals surface area contributed by atoms with Crippen molar-refractivity contribution in [3.8, 4) is 0 Å². The van der Waals surface area contributed by atoms with Crippen LogP contribution in [-0.2, 0) is 14.4 Å². The van der Waals surface area contributed by atoms with Gasteiger partial charge in [0.15, 0.2) is 0 Å². The van der Waals surface area contributed by atoms with Crippen LogP contribution >= 0.6 is 24.0 Å². The molecular formula is C9H11NO5S2. The Bertz CT molecular complexity index is 354. The van der Waals surface area contributed by atoms with Gasteiger partial charge in [0, 0.05) is 6.42 Å². The molecule has 0 aromatic carbocycles. The predicted molar refractivity (Wildman–Crippen MR) is 64.8 cm³/mol. The SMILES string of the molecule is O=C(O)CCCC(C(=O)O)N1C(=O)CSC1=S. The first-order valence-corrected chi connectivity index (χ1v) is 6.26. The molecule has 0 saturated carbocycles. The minimum atomic E-state index is -1.16. The third-order valence-electron chi connectivity index (χ3n) is 2.25. The zero-order valence-corrected chi connectivity index (χ0v) is 10.4. The van der Waals surface area contributed by atoms with E-state index in [0.29, 0.717) is 0 Å². The molecule has 0 aromatic rings. The minimum absolute atomic E-state index is 0.0913. The van der Waals surface area contributed by atoms with Crippen molar-refractivity contribution in [1.29, 1.82) is 0 Å². The lowest BCUT2D eigenvalue weighted by Crippen LogP contribution is -2.44. The molecule has 1 aliphatic heterocycles. The lowest BCUT2D eigenvalue weighted by atomic mass is 10.1. The van der Waals surface area contributed by atoms with Gasteiger partial charge in [-0.25, -0.2) is 4.79 Å². The highest BCUT2D eigenvalue weighted by Crippen LogP contribution is 2.24. The molecule has 0 radical (unpaired) electrons. The third kappa shape index (κ3) is 3.67. The molecule has 0 aromatic heterocycles. The Hall–Kier alpha value is -1.15. The molecule has 1 amide bonds. The van der Waals surface area contributed by atoms with Gasteiger partial charge in [-0.15, -0.1) is 0 Å². The summed E-state index contributed by atoms with van der Waals surface area (Å²) in [5, 5.41) is 17.5. The van der Waals surface area contributed by atoms with E-state index in [1.807, 2.05) is 0 Å². The summed E-state index contributed by atoms with van der Waals surface area (Å²) in [6.07, 6.45) is 0.170. The Morgan fingerprint density at radius 2 is 2.12 bits per heavy atom. The molecule has 8 heteroatoms. The maximum atomic E-state index is 11.5. The Labute approximate surface area is 107 Å². The van der Waals surface area contributed by atoms with Crippen molar-refractivity contribution < 1.29 is 24.6 Å². The maximum Gasteiger partial charge on any atom is 0.326 e. The number of carboxylic acids is 2. The second-order valence-electron chi connectivity index (χ2n) is 3.46. The summed E-state index contributed by atoms with van der Waals surface area (Å²) in [4.78, 5) is 33.9. The second kappa shape index (κ2) is 5.97. The largest absolute Gasteiger partial charge is 0.481 e. The monoisotopic (exact) mass is 277 g/mol. The summed E-state index contributed by atoms with van der Waals surface area (Å²) in [7, 11) is 0. The topological polar surface area (TPSA) is 94.9 Å². The van der Waals surface area contributed by atoms with E-state index in [1.54, 1.807) is 0 Å². The van der Waals surface area contributed by atoms with E-state index < -0.39 is 18.0 Å². The van der Waals surface area contributed by atoms with Crippen LogP contribution in [0, 0.1) is 0 Å². The van der Waals surface area contributed by atoms with E-state index in [2.05, 4.69) is 0 Å². The van der Waals surface area contributed by atoms with E-state index in [9.17, 15) is 14.4 Å². The summed E-state index contributed by atoms with van der Waals surface area (Å²) in [6.45, 7) is 0. The normalized spacial score (nSPS) is 17.3. The molecule has 1 saturated heterocycles. The summed E-state index contributed by atoms with van der Waals surface area (Å²) < 4.78 is 0.248. The molecule has 2 N–H and O–H groups in total. The molecule has 1 unspecified atom stereocenters. The quantitative estimate of drug-likeness (QED) is 0.685. The molecule has 1 heterocycles. The first kappa shape index (κ1) is 13.9. The van der Waals surface area contributed by atoms with Crippen LogP contribution in [0.1, 0.15) is 19.3 Å². The van der Waals surface area contributed by atoms with Gasteiger partial charge in [0.1, 0.15) is 10.4 Å². The number of thiocarbonyl (C=S) groups is 1. The van der Waals surface area contributed by atoms with E-state index in [-0.39, 0.29) is 35.2 Å². The van der Waals surface area contributed by atoms with Crippen LogP contribution in [0.2, 0.25) is 0 Å². The van der Waals surface area contributed by atoms with Crippen molar-refractivity contribution >= 4 is 46.1 Å². The van der Waals surface area contributed by atoms with Crippen LogP contribution in [0.4, 0.5) is 0 Å². The second-order valence-corrected chi connectivity index (χ2v) is 5.07. The first-order valence-electron chi connectivity index (χ1n) is 4.87. The van der Waals surface area contributed by atoms with Crippen LogP contribution in [0.15, 0.2) is 0 Å². The highest BCUT2D eigenvalue weighted by Gasteiger charge is 2.36. The van der Waals surface area contributed by atoms with Crippen LogP contribution < -0.4 is 0 Å². The molecule has 94 valence electrons. The Morgan fingerprint density at radius 3 is 2.53 bits per heavy atom. The number of aliphatic carboxylic acids is 2. The van der Waals surface area contributed by atoms with Crippen molar-refractivity contribution in [2.75, 3.05) is 5.75 Å². The molecule has 1 atom stereocenters. The molecular weight excluding hydrogens is 266 g/mol. The molecule has 1 rings (SSSR count). The number of nitrogens with zero attached hydrogens (tertiary/aromatic N) is 1. The summed E-state index contributed by atoms with van der Waals surface area (Å²) in [5.41, 5.74) is 0. The van der Waals surface area contributed by atoms with Gasteiger partial charge in [-0.05, 0) is 12.8 Å². The van der Waals surface area contributed by atoms with Crippen LogP contribution in [0.25, 0.3) is 0 Å². The van der Waals surface area contributed by atoms with Gasteiger partial charge in [-0.1, -0.05) is 24.0 Å². The standard InChI is InChI=1S/C9H11NO5S2/c11-6-4-17-9(16)10(6)5(8(14)15)2-1-3-7(12)13/h5H,1-4H2,(H,12,13)(H,14,15). The number of rotatable bonds is 6. The minimum Gasteiger partial charge on any atom is -0.481 e. The fourth-order valence-electron chi connectivity index (χ4n) is 1.48. The average molecular weight is 277 g/mol. The number of carboxylic acid groups (broad SMARTS) is 2. The predicted octanol–water partition coefficient (Wildman–Crippen LogP) is 0.555. The van der Waals surface area contributed by atoms with Crippen LogP contribution in [-0.4, -0.2) is 49.1 Å². The molecule has 0 bridgehead atoms. The highest BCUT2D eigenvalue weighted by atomic mass is 32.2. The van der Waals surface area contributed by atoms with Crippen molar-refractivity contribution in [2.24, 2.45) is 0 Å². The highest BCUT2D eigenvalue weighted by molar-refractivity contribution is 8.23. The lowest BCUT2D eigenvalue weighted by molar-refractivity contribution is -0.146. The Morgan fingerprint density at radius 1 is 1.47 bits per heavy atom. The number of thioether (sulfide) groups is 1. The number of carbonyl (C=O) groups excluding carboxylic acids is 1. The van der Waals surface area contributed by atoms with Crippen molar-refractivity contribution in [1.82, 2.24) is 4.90 Å². The molecule has 17 heavy (non-hydrogen) atoms. The lowest BCUT2D eigenvalue weighted by Gasteiger charge is -2.23. The van der Waals surface area contributed by atoms with Gasteiger partial charge in [0.25, 0.3) is 0 Å². The fraction of sp³-hybridized carbons (Fsp3) is 0.556. The molecule has 0 aliphatic carbocycles. The van der Waals surface area contributed by atoms with Gasteiger partial charge in [0.2, 0.25) is 5.91 Å². The molecule has 0 spiro atoms. The van der Waals surface area contributed by atoms with Gasteiger partial charge in [-0.2, -0.15) is 0 Å². The first-order chi connectivity index (χ1) is 7.93. The van der Waals surface area contributed by atoms with Gasteiger partial charge in [0.05, 0.1) is 5.75 Å². The zero-order valence-electron chi connectivity index (χ0n) is 8.79. The van der Waals surface area contributed by atoms with Gasteiger partial charge < -0.3 is 10.2 Å². The third-order valence-corrected chi connectivity index (χ3v) is 3.63. The van der Waals surface area contributed by atoms with Gasteiger partial charge in [-0.3, -0.25) is 14.5 Å². The number of carbonyl (C=O) groups is 3. The van der Waals surface area contributed by atoms with E-state index in [0.717, 1.165) is 16.7 Å². The van der Waals surface area contributed by atoms with Crippen molar-refractivity contribution in [3.63, 3.8) is 0 Å². The van der Waals surface area contributed by atoms with Crippen LogP contribution in [0.3, 0.4) is 0 Å². The number of hydrogen-bond acceptors (Lipinski definition) is 5. The molecule has 1 fully saturated rings. The number of hydrogen-bond donors (Lipinski definition) is 2. The van der Waals surface area contributed by atoms with Crippen molar-refractivity contribution in [2.45, 2.75) is 25.3 Å². The van der Waals surface area contributed by atoms with Crippen LogP contribution in [0.5, 0.6) is 0 Å². The maximum absolute atomic E-state index is 11.5. The smallest absolute Gasteiger partial charge is 0.326 e. The van der Waals surface area contributed by atoms with E-state index in [4.69, 9.17) is 22.4 Å². The summed E-state index contributed by atoms with van der Waals surface area (Å²) >= 11 is 6.03. The van der Waals surface area contributed by atoms with Gasteiger partial charge >= 0.3 is 11.9 Å². The van der Waals surface area contributed by atoms with E-state index in [1.165, 1.54) is 0 Å². The summed E-state index contributed by atoms with van der Waals surface area (Å²) in [6, 6.07) is -1.05. The fourth-order valence-corrected chi connectivity index (χ4v) is 2.64. The average Bonchev–Trinajstić information content (AvgIpc) is 2.54. The van der Waals surface area contributed by atoms with E-state index >= 15 is 0 Å². The number of amides is 1. The Balaban J connectivity index is 2.65. The Kier molecular flexibility index (Phi) is 4.88. The molecule has 1 aliphatic rings. The zero-order chi connectivity index (χ0) is 13.0.